The standard InChI is InChI=1S/C15H31N3/c1-4-13-7-5-9-15(13,12-16)18(3)11-14-8-6-10-17(14)2/h13-14H,4-12,16H2,1-3H3. The highest BCUT2D eigenvalue weighted by Crippen LogP contribution is 2.41. The second-order valence-corrected chi connectivity index (χ2v) is 6.46. The van der Waals surface area contributed by atoms with Gasteiger partial charge in [-0.1, -0.05) is 19.8 Å². The first kappa shape index (κ1) is 14.3. The van der Waals surface area contributed by atoms with Gasteiger partial charge in [-0.3, -0.25) is 4.90 Å². The largest absolute Gasteiger partial charge is 0.329 e. The zero-order valence-corrected chi connectivity index (χ0v) is 12.5. The minimum atomic E-state index is 0.290. The first-order chi connectivity index (χ1) is 8.64. The molecule has 1 aliphatic carbocycles. The van der Waals surface area contributed by atoms with E-state index in [1.807, 2.05) is 0 Å². The van der Waals surface area contributed by atoms with E-state index in [-0.39, 0.29) is 5.54 Å². The van der Waals surface area contributed by atoms with E-state index in [1.54, 1.807) is 0 Å². The van der Waals surface area contributed by atoms with E-state index in [9.17, 15) is 0 Å². The summed E-state index contributed by atoms with van der Waals surface area (Å²) in [6.07, 6.45) is 8.04. The Morgan fingerprint density at radius 2 is 2.11 bits per heavy atom. The summed E-state index contributed by atoms with van der Waals surface area (Å²) in [5.74, 6) is 0.805. The number of nitrogens with zero attached hydrogens (tertiary/aromatic N) is 2. The predicted molar refractivity (Wildman–Crippen MR) is 77.7 cm³/mol. The molecule has 0 aromatic rings. The molecule has 0 radical (unpaired) electrons. The van der Waals surface area contributed by atoms with E-state index in [2.05, 4.69) is 30.8 Å². The van der Waals surface area contributed by atoms with Crippen LogP contribution in [-0.2, 0) is 0 Å². The number of likely N-dealkylation sites (tertiary alicyclic amines) is 1. The molecule has 0 bridgehead atoms. The molecule has 3 unspecified atom stereocenters. The Kier molecular flexibility index (Phi) is 4.68. The first-order valence-corrected chi connectivity index (χ1v) is 7.75. The lowest BCUT2D eigenvalue weighted by Gasteiger charge is -2.44. The molecule has 3 atom stereocenters. The van der Waals surface area contributed by atoms with Crippen molar-refractivity contribution in [2.45, 2.75) is 57.0 Å². The van der Waals surface area contributed by atoms with E-state index < -0.39 is 0 Å². The highest BCUT2D eigenvalue weighted by atomic mass is 15.3. The Morgan fingerprint density at radius 3 is 2.67 bits per heavy atom. The van der Waals surface area contributed by atoms with Gasteiger partial charge in [-0.2, -0.15) is 0 Å². The molecule has 1 heterocycles. The van der Waals surface area contributed by atoms with Gasteiger partial charge in [-0.25, -0.2) is 0 Å². The molecule has 2 aliphatic rings. The van der Waals surface area contributed by atoms with Gasteiger partial charge in [0.1, 0.15) is 0 Å². The van der Waals surface area contributed by atoms with E-state index in [0.717, 1.165) is 18.5 Å². The summed E-state index contributed by atoms with van der Waals surface area (Å²) >= 11 is 0. The third-order valence-corrected chi connectivity index (χ3v) is 5.68. The van der Waals surface area contributed by atoms with E-state index in [1.165, 1.54) is 51.6 Å². The van der Waals surface area contributed by atoms with E-state index in [4.69, 9.17) is 5.73 Å². The number of hydrogen-bond acceptors (Lipinski definition) is 3. The molecule has 18 heavy (non-hydrogen) atoms. The van der Waals surface area contributed by atoms with Crippen molar-refractivity contribution >= 4 is 0 Å². The zero-order chi connectivity index (χ0) is 13.2. The average Bonchev–Trinajstić information content (AvgIpc) is 2.96. The Morgan fingerprint density at radius 1 is 1.33 bits per heavy atom. The molecule has 1 saturated carbocycles. The lowest BCUT2D eigenvalue weighted by Crippen LogP contribution is -2.57. The van der Waals surface area contributed by atoms with Crippen LogP contribution in [0.5, 0.6) is 0 Å². The van der Waals surface area contributed by atoms with Crippen LogP contribution in [0, 0.1) is 5.92 Å². The van der Waals surface area contributed by atoms with Crippen molar-refractivity contribution in [3.63, 3.8) is 0 Å². The Bertz CT molecular complexity index is 268. The molecule has 3 heteroatoms. The minimum absolute atomic E-state index is 0.290. The van der Waals surface area contributed by atoms with Crippen molar-refractivity contribution < 1.29 is 0 Å². The van der Waals surface area contributed by atoms with Gasteiger partial charge < -0.3 is 10.6 Å². The van der Waals surface area contributed by atoms with Crippen molar-refractivity contribution in [1.82, 2.24) is 9.80 Å². The van der Waals surface area contributed by atoms with Crippen LogP contribution in [0.15, 0.2) is 0 Å². The van der Waals surface area contributed by atoms with Crippen LogP contribution in [0.4, 0.5) is 0 Å². The summed E-state index contributed by atoms with van der Waals surface area (Å²) in [7, 11) is 4.58. The van der Waals surface area contributed by atoms with Gasteiger partial charge in [0.05, 0.1) is 0 Å². The molecule has 106 valence electrons. The summed E-state index contributed by atoms with van der Waals surface area (Å²) in [4.78, 5) is 5.14. The number of hydrogen-bond donors (Lipinski definition) is 1. The molecule has 3 nitrogen and oxygen atoms in total. The Hall–Kier alpha value is -0.120. The Balaban J connectivity index is 2.02. The van der Waals surface area contributed by atoms with Crippen molar-refractivity contribution in [3.05, 3.63) is 0 Å². The van der Waals surface area contributed by atoms with Gasteiger partial charge in [-0.05, 0) is 52.2 Å². The van der Waals surface area contributed by atoms with Crippen LogP contribution < -0.4 is 5.73 Å². The van der Waals surface area contributed by atoms with Crippen LogP contribution in [0.25, 0.3) is 0 Å². The summed E-state index contributed by atoms with van der Waals surface area (Å²) < 4.78 is 0. The molecule has 0 aromatic heterocycles. The average molecular weight is 253 g/mol. The summed E-state index contributed by atoms with van der Waals surface area (Å²) in [6.45, 7) is 5.63. The van der Waals surface area contributed by atoms with Gasteiger partial charge >= 0.3 is 0 Å². The minimum Gasteiger partial charge on any atom is -0.329 e. The monoisotopic (exact) mass is 253 g/mol. The van der Waals surface area contributed by atoms with Gasteiger partial charge in [0, 0.05) is 24.7 Å². The van der Waals surface area contributed by atoms with Gasteiger partial charge in [-0.15, -0.1) is 0 Å². The van der Waals surface area contributed by atoms with E-state index in [0.29, 0.717) is 0 Å². The molecule has 2 N–H and O–H groups in total. The van der Waals surface area contributed by atoms with Crippen LogP contribution >= 0.6 is 0 Å². The molecule has 0 spiro atoms. The molecule has 1 saturated heterocycles. The van der Waals surface area contributed by atoms with E-state index >= 15 is 0 Å². The quantitative estimate of drug-likeness (QED) is 0.812. The van der Waals surface area contributed by atoms with Crippen molar-refractivity contribution in [2.24, 2.45) is 11.7 Å². The fourth-order valence-corrected chi connectivity index (χ4v) is 4.35. The topological polar surface area (TPSA) is 32.5 Å². The highest BCUT2D eigenvalue weighted by Gasteiger charge is 2.44. The summed E-state index contributed by atoms with van der Waals surface area (Å²) in [5, 5.41) is 0. The number of likely N-dealkylation sites (N-methyl/N-ethyl adjacent to an activating group) is 2. The normalized spacial score (nSPS) is 37.8. The maximum absolute atomic E-state index is 6.19. The molecule has 2 rings (SSSR count). The second kappa shape index (κ2) is 5.89. The fourth-order valence-electron chi connectivity index (χ4n) is 4.35. The third kappa shape index (κ3) is 2.45. The molecule has 2 fully saturated rings. The van der Waals surface area contributed by atoms with Gasteiger partial charge in [0.15, 0.2) is 0 Å². The zero-order valence-electron chi connectivity index (χ0n) is 12.5. The van der Waals surface area contributed by atoms with Crippen LogP contribution in [0.2, 0.25) is 0 Å². The number of nitrogens with two attached hydrogens (primary N) is 1. The SMILES string of the molecule is CCC1CCCC1(CN)N(C)CC1CCCN1C. The van der Waals surface area contributed by atoms with Crippen LogP contribution in [0.3, 0.4) is 0 Å². The van der Waals surface area contributed by atoms with Crippen molar-refractivity contribution in [3.8, 4) is 0 Å². The van der Waals surface area contributed by atoms with Crippen molar-refractivity contribution in [2.75, 3.05) is 33.7 Å². The molecular formula is C15H31N3. The first-order valence-electron chi connectivity index (χ1n) is 7.75. The van der Waals surface area contributed by atoms with Gasteiger partial charge in [0.2, 0.25) is 0 Å². The smallest absolute Gasteiger partial charge is 0.0357 e. The Labute approximate surface area is 113 Å². The van der Waals surface area contributed by atoms with Crippen LogP contribution in [0.1, 0.15) is 45.4 Å². The fraction of sp³-hybridized carbons (Fsp3) is 1.00. The second-order valence-electron chi connectivity index (χ2n) is 6.46. The van der Waals surface area contributed by atoms with Crippen LogP contribution in [-0.4, -0.2) is 55.1 Å². The molecule has 1 aliphatic heterocycles. The maximum atomic E-state index is 6.19. The lowest BCUT2D eigenvalue weighted by atomic mass is 9.83. The highest BCUT2D eigenvalue weighted by molar-refractivity contribution is 5.01. The van der Waals surface area contributed by atoms with Gasteiger partial charge in [0.25, 0.3) is 0 Å². The number of rotatable bonds is 5. The summed E-state index contributed by atoms with van der Waals surface area (Å²) in [6, 6.07) is 0.747. The third-order valence-electron chi connectivity index (χ3n) is 5.68. The maximum Gasteiger partial charge on any atom is 0.0357 e. The van der Waals surface area contributed by atoms with Crippen molar-refractivity contribution in [1.29, 1.82) is 0 Å². The molecule has 0 aromatic carbocycles. The molecular weight excluding hydrogens is 222 g/mol. The lowest BCUT2D eigenvalue weighted by molar-refractivity contribution is 0.0606. The molecule has 0 amide bonds. The predicted octanol–water partition coefficient (Wildman–Crippen LogP) is 1.92. The summed E-state index contributed by atoms with van der Waals surface area (Å²) in [5.41, 5.74) is 6.48.